The van der Waals surface area contributed by atoms with Gasteiger partial charge >= 0.3 is 5.97 Å². The fourth-order valence-corrected chi connectivity index (χ4v) is 1.58. The molecule has 0 bridgehead atoms. The van der Waals surface area contributed by atoms with Crippen molar-refractivity contribution in [3.05, 3.63) is 29.8 Å². The molecule has 1 rings (SSSR count). The molecule has 0 aliphatic carbocycles. The van der Waals surface area contributed by atoms with Gasteiger partial charge in [-0.15, -0.1) is 0 Å². The summed E-state index contributed by atoms with van der Waals surface area (Å²) in [6.07, 6.45) is 1.02. The van der Waals surface area contributed by atoms with E-state index in [4.69, 9.17) is 16.9 Å². The first-order chi connectivity index (χ1) is 8.17. The predicted octanol–water partition coefficient (Wildman–Crippen LogP) is 1.74. The fraction of sp³-hybridized carbons (Fsp3) is 0.417. The maximum Gasteiger partial charge on any atom is 0.305 e. The van der Waals surface area contributed by atoms with Crippen LogP contribution in [0.5, 0.6) is 0 Å². The average molecular weight is 258 g/mol. The maximum atomic E-state index is 11.0. The summed E-state index contributed by atoms with van der Waals surface area (Å²) in [5.74, 6) is -0.215. The van der Waals surface area contributed by atoms with E-state index in [2.05, 4.69) is 4.74 Å². The molecule has 4 nitrogen and oxygen atoms in total. The smallest absolute Gasteiger partial charge is 0.305 e. The van der Waals surface area contributed by atoms with Gasteiger partial charge in [0.15, 0.2) is 0 Å². The lowest BCUT2D eigenvalue weighted by atomic mass is 10.1. The second kappa shape index (κ2) is 7.14. The first-order valence-corrected chi connectivity index (χ1v) is 5.71. The number of benzene rings is 1. The first kappa shape index (κ1) is 13.8. The number of esters is 1. The van der Waals surface area contributed by atoms with E-state index in [0.29, 0.717) is 19.4 Å². The average Bonchev–Trinajstić information content (AvgIpc) is 2.36. The van der Waals surface area contributed by atoms with E-state index >= 15 is 0 Å². The van der Waals surface area contributed by atoms with Crippen molar-refractivity contribution in [2.75, 3.05) is 24.7 Å². The summed E-state index contributed by atoms with van der Waals surface area (Å²) in [7, 11) is 1.38. The Labute approximate surface area is 106 Å². The molecule has 94 valence electrons. The molecule has 0 aliphatic rings. The van der Waals surface area contributed by atoms with Gasteiger partial charge in [0.1, 0.15) is 0 Å². The molecule has 1 aromatic rings. The molecule has 5 heteroatoms. The van der Waals surface area contributed by atoms with Crippen LogP contribution in [0.15, 0.2) is 24.3 Å². The molecule has 0 saturated heterocycles. The van der Waals surface area contributed by atoms with E-state index in [1.54, 1.807) is 0 Å². The lowest BCUT2D eigenvalue weighted by molar-refractivity contribution is -0.140. The number of aliphatic hydroxyl groups excluding tert-OH is 1. The number of halogens is 1. The Morgan fingerprint density at radius 2 is 2.06 bits per heavy atom. The zero-order chi connectivity index (χ0) is 12.7. The number of hydrogen-bond donors (Lipinski definition) is 1. The van der Waals surface area contributed by atoms with Gasteiger partial charge in [0, 0.05) is 18.2 Å². The van der Waals surface area contributed by atoms with Crippen molar-refractivity contribution >= 4 is 23.4 Å². The highest BCUT2D eigenvalue weighted by atomic mass is 35.5. The molecule has 0 radical (unpaired) electrons. The largest absolute Gasteiger partial charge is 0.469 e. The maximum absolute atomic E-state index is 11.0. The topological polar surface area (TPSA) is 49.8 Å². The van der Waals surface area contributed by atoms with Gasteiger partial charge in [0.05, 0.1) is 25.9 Å². The van der Waals surface area contributed by atoms with E-state index in [1.807, 2.05) is 24.3 Å². The Morgan fingerprint density at radius 1 is 1.41 bits per heavy atom. The van der Waals surface area contributed by atoms with Gasteiger partial charge in [-0.05, 0) is 24.1 Å². The van der Waals surface area contributed by atoms with Crippen LogP contribution in [0.3, 0.4) is 0 Å². The number of ether oxygens (including phenoxy) is 1. The van der Waals surface area contributed by atoms with Gasteiger partial charge in [0.2, 0.25) is 0 Å². The second-order valence-corrected chi connectivity index (χ2v) is 3.96. The van der Waals surface area contributed by atoms with Crippen LogP contribution in [0.1, 0.15) is 12.0 Å². The monoisotopic (exact) mass is 257 g/mol. The number of anilines is 1. The Kier molecular flexibility index (Phi) is 5.80. The molecule has 0 atom stereocenters. The summed E-state index contributed by atoms with van der Waals surface area (Å²) in [6, 6.07) is 7.53. The van der Waals surface area contributed by atoms with E-state index in [-0.39, 0.29) is 12.6 Å². The summed E-state index contributed by atoms with van der Waals surface area (Å²) < 4.78 is 6.02. The van der Waals surface area contributed by atoms with E-state index < -0.39 is 0 Å². The number of rotatable bonds is 6. The van der Waals surface area contributed by atoms with Crippen LogP contribution in [0.4, 0.5) is 5.69 Å². The number of carbonyl (C=O) groups excluding carboxylic acids is 1. The zero-order valence-electron chi connectivity index (χ0n) is 9.73. The van der Waals surface area contributed by atoms with Crippen LogP contribution in [-0.4, -0.2) is 31.3 Å². The number of aryl methyl sites for hydroxylation is 1. The van der Waals surface area contributed by atoms with Crippen LogP contribution >= 0.6 is 11.8 Å². The van der Waals surface area contributed by atoms with Gasteiger partial charge in [-0.1, -0.05) is 12.1 Å². The number of nitrogens with zero attached hydrogens (tertiary/aromatic N) is 1. The highest BCUT2D eigenvalue weighted by Gasteiger charge is 2.04. The molecular weight excluding hydrogens is 242 g/mol. The molecular formula is C12H16ClNO3. The molecule has 0 unspecified atom stereocenters. The molecule has 0 aliphatic heterocycles. The Balaban J connectivity index is 2.52. The normalized spacial score (nSPS) is 10.1. The molecule has 0 fully saturated rings. The fourth-order valence-electron chi connectivity index (χ4n) is 1.39. The molecule has 1 aromatic carbocycles. The second-order valence-electron chi connectivity index (χ2n) is 3.55. The van der Waals surface area contributed by atoms with Crippen molar-refractivity contribution in [3.8, 4) is 0 Å². The van der Waals surface area contributed by atoms with Crippen LogP contribution < -0.4 is 4.42 Å². The van der Waals surface area contributed by atoms with Gasteiger partial charge in [0.25, 0.3) is 0 Å². The summed E-state index contributed by atoms with van der Waals surface area (Å²) in [5, 5.41) is 8.75. The minimum absolute atomic E-state index is 0.00753. The lowest BCUT2D eigenvalue weighted by Crippen LogP contribution is -2.14. The third-order valence-corrected chi connectivity index (χ3v) is 2.72. The van der Waals surface area contributed by atoms with Crippen molar-refractivity contribution in [1.82, 2.24) is 0 Å². The summed E-state index contributed by atoms with van der Waals surface area (Å²) in [6.45, 7) is 0.386. The number of methoxy groups -OCH3 is 1. The molecule has 0 saturated carbocycles. The zero-order valence-corrected chi connectivity index (χ0v) is 10.5. The van der Waals surface area contributed by atoms with Gasteiger partial charge < -0.3 is 9.84 Å². The van der Waals surface area contributed by atoms with E-state index in [0.717, 1.165) is 11.3 Å². The molecule has 0 aromatic heterocycles. The standard InChI is InChI=1S/C12H16ClNO3/c1-17-12(16)7-4-10-2-5-11(6-3-10)14(13)8-9-15/h2-3,5-6,15H,4,7-9H2,1H3. The van der Waals surface area contributed by atoms with Crippen LogP contribution in [0.2, 0.25) is 0 Å². The van der Waals surface area contributed by atoms with Crippen molar-refractivity contribution in [3.63, 3.8) is 0 Å². The molecule has 17 heavy (non-hydrogen) atoms. The highest BCUT2D eigenvalue weighted by molar-refractivity contribution is 6.25. The number of hydrogen-bond acceptors (Lipinski definition) is 4. The number of carbonyl (C=O) groups is 1. The summed E-state index contributed by atoms with van der Waals surface area (Å²) in [4.78, 5) is 11.0. The van der Waals surface area contributed by atoms with Crippen molar-refractivity contribution in [2.24, 2.45) is 0 Å². The quantitative estimate of drug-likeness (QED) is 0.623. The Bertz CT molecular complexity index is 353. The minimum Gasteiger partial charge on any atom is -0.469 e. The predicted molar refractivity (Wildman–Crippen MR) is 67.1 cm³/mol. The third-order valence-electron chi connectivity index (χ3n) is 2.36. The third kappa shape index (κ3) is 4.63. The molecule has 0 heterocycles. The Morgan fingerprint density at radius 3 is 2.59 bits per heavy atom. The van der Waals surface area contributed by atoms with E-state index in [1.165, 1.54) is 11.5 Å². The Hall–Kier alpha value is -1.26. The highest BCUT2D eigenvalue weighted by Crippen LogP contribution is 2.17. The van der Waals surface area contributed by atoms with Crippen LogP contribution in [-0.2, 0) is 16.0 Å². The van der Waals surface area contributed by atoms with Crippen LogP contribution in [0.25, 0.3) is 0 Å². The summed E-state index contributed by atoms with van der Waals surface area (Å²) >= 11 is 5.91. The van der Waals surface area contributed by atoms with E-state index in [9.17, 15) is 4.79 Å². The lowest BCUT2D eigenvalue weighted by Gasteiger charge is -2.14. The first-order valence-electron chi connectivity index (χ1n) is 5.37. The van der Waals surface area contributed by atoms with Crippen LogP contribution in [0, 0.1) is 0 Å². The van der Waals surface area contributed by atoms with Crippen molar-refractivity contribution < 1.29 is 14.6 Å². The molecule has 1 N–H and O–H groups in total. The summed E-state index contributed by atoms with van der Waals surface area (Å²) in [5.41, 5.74) is 1.87. The molecule has 0 amide bonds. The SMILES string of the molecule is COC(=O)CCc1ccc(N(Cl)CCO)cc1. The van der Waals surface area contributed by atoms with Gasteiger partial charge in [-0.2, -0.15) is 0 Å². The minimum atomic E-state index is -0.215. The number of aliphatic hydroxyl groups is 1. The van der Waals surface area contributed by atoms with Gasteiger partial charge in [-0.25, -0.2) is 0 Å². The van der Waals surface area contributed by atoms with Gasteiger partial charge in [-0.3, -0.25) is 9.21 Å². The van der Waals surface area contributed by atoms with Crippen molar-refractivity contribution in [2.45, 2.75) is 12.8 Å². The molecule has 0 spiro atoms. The van der Waals surface area contributed by atoms with Crippen molar-refractivity contribution in [1.29, 1.82) is 0 Å².